The Balaban J connectivity index is 1.50. The second kappa shape index (κ2) is 12.2. The van der Waals surface area contributed by atoms with Gasteiger partial charge in [0.15, 0.2) is 0 Å². The van der Waals surface area contributed by atoms with E-state index in [4.69, 9.17) is 55.6 Å². The number of amides is 3. The fourth-order valence-corrected chi connectivity index (χ4v) is 4.69. The summed E-state index contributed by atoms with van der Waals surface area (Å²) >= 11 is 24.0. The van der Waals surface area contributed by atoms with Crippen molar-refractivity contribution in [2.45, 2.75) is 13.5 Å². The Kier molecular flexibility index (Phi) is 8.90. The maximum atomic E-state index is 13.4. The Morgan fingerprint density at radius 2 is 1.65 bits per heavy atom. The number of rotatable bonds is 6. The minimum absolute atomic E-state index is 0.0198. The number of nitrogens with one attached hydrogen (secondary N) is 2. The van der Waals surface area contributed by atoms with Gasteiger partial charge in [0.25, 0.3) is 5.91 Å². The summed E-state index contributed by atoms with van der Waals surface area (Å²) in [6.45, 7) is 1.46. The van der Waals surface area contributed by atoms with E-state index in [1.54, 1.807) is 19.1 Å². The maximum absolute atomic E-state index is 13.4. The van der Waals surface area contributed by atoms with E-state index in [1.165, 1.54) is 54.5 Å². The number of allylic oxidation sites excluding steroid dienone is 1. The normalized spacial score (nSPS) is 14.1. The minimum Gasteiger partial charge on any atom is -0.465 e. The zero-order chi connectivity index (χ0) is 29.1. The SMILES string of the molecule is COC(=O)C1=C(C)N(c2cc(Cl)cc(Cl)c2)C(=O)/C1=C/c1ccc(CNC(=O)C(=O)Nc2ccc(Cl)c(Cl)c2)o1. The third-order valence-corrected chi connectivity index (χ3v) is 6.85. The van der Waals surface area contributed by atoms with Crippen LogP contribution in [0.2, 0.25) is 20.1 Å². The van der Waals surface area contributed by atoms with E-state index in [1.807, 2.05) is 0 Å². The molecule has 0 spiro atoms. The number of halogens is 4. The van der Waals surface area contributed by atoms with Crippen LogP contribution >= 0.6 is 46.4 Å². The van der Waals surface area contributed by atoms with Gasteiger partial charge in [0.2, 0.25) is 0 Å². The van der Waals surface area contributed by atoms with Crippen LogP contribution in [0.4, 0.5) is 11.4 Å². The highest BCUT2D eigenvalue weighted by Crippen LogP contribution is 2.37. The molecule has 1 aromatic heterocycles. The Morgan fingerprint density at radius 1 is 0.950 bits per heavy atom. The number of carbonyl (C=O) groups is 4. The number of hydrogen-bond acceptors (Lipinski definition) is 6. The topological polar surface area (TPSA) is 118 Å². The summed E-state index contributed by atoms with van der Waals surface area (Å²) in [6, 6.07) is 12.1. The van der Waals surface area contributed by atoms with Crippen molar-refractivity contribution >= 4 is 87.5 Å². The molecule has 0 aliphatic carbocycles. The molecule has 1 aliphatic rings. The lowest BCUT2D eigenvalue weighted by Gasteiger charge is -2.18. The molecular formula is C27H19Cl4N3O6. The van der Waals surface area contributed by atoms with Crippen LogP contribution in [-0.2, 0) is 30.5 Å². The molecule has 0 unspecified atom stereocenters. The Hall–Kier alpha value is -3.76. The summed E-state index contributed by atoms with van der Waals surface area (Å²) in [5.41, 5.74) is 1.03. The van der Waals surface area contributed by atoms with Crippen LogP contribution in [0.1, 0.15) is 18.4 Å². The van der Waals surface area contributed by atoms with E-state index >= 15 is 0 Å². The van der Waals surface area contributed by atoms with Crippen molar-refractivity contribution in [1.82, 2.24) is 5.32 Å². The molecule has 0 radical (unpaired) electrons. The zero-order valence-electron chi connectivity index (χ0n) is 20.8. The first-order chi connectivity index (χ1) is 19.0. The van der Waals surface area contributed by atoms with Gasteiger partial charge in [-0.05, 0) is 61.5 Å². The quantitative estimate of drug-likeness (QED) is 0.197. The number of hydrogen-bond donors (Lipinski definition) is 2. The van der Waals surface area contributed by atoms with Gasteiger partial charge in [-0.1, -0.05) is 46.4 Å². The number of methoxy groups -OCH3 is 1. The molecular weight excluding hydrogens is 604 g/mol. The van der Waals surface area contributed by atoms with Gasteiger partial charge in [-0.15, -0.1) is 0 Å². The first-order valence-corrected chi connectivity index (χ1v) is 12.9. The van der Waals surface area contributed by atoms with Gasteiger partial charge >= 0.3 is 17.8 Å². The lowest BCUT2D eigenvalue weighted by molar-refractivity contribution is -0.136. The van der Waals surface area contributed by atoms with Crippen LogP contribution in [0, 0.1) is 0 Å². The molecule has 2 heterocycles. The maximum Gasteiger partial charge on any atom is 0.340 e. The number of anilines is 2. The molecule has 0 saturated carbocycles. The van der Waals surface area contributed by atoms with Gasteiger partial charge in [0.1, 0.15) is 11.5 Å². The fourth-order valence-electron chi connectivity index (χ4n) is 3.88. The molecule has 3 aromatic rings. The van der Waals surface area contributed by atoms with Crippen molar-refractivity contribution in [2.24, 2.45) is 0 Å². The largest absolute Gasteiger partial charge is 0.465 e. The molecule has 0 atom stereocenters. The molecule has 4 rings (SSSR count). The lowest BCUT2D eigenvalue weighted by atomic mass is 10.1. The third kappa shape index (κ3) is 6.34. The minimum atomic E-state index is -0.923. The highest BCUT2D eigenvalue weighted by Gasteiger charge is 2.38. The Labute approximate surface area is 248 Å². The molecule has 2 N–H and O–H groups in total. The van der Waals surface area contributed by atoms with Crippen molar-refractivity contribution in [2.75, 3.05) is 17.3 Å². The van der Waals surface area contributed by atoms with Crippen LogP contribution in [0.25, 0.3) is 6.08 Å². The third-order valence-electron chi connectivity index (χ3n) is 5.67. The van der Waals surface area contributed by atoms with E-state index in [-0.39, 0.29) is 34.2 Å². The molecule has 0 bridgehead atoms. The highest BCUT2D eigenvalue weighted by atomic mass is 35.5. The smallest absolute Gasteiger partial charge is 0.340 e. The second-order valence-electron chi connectivity index (χ2n) is 8.35. The van der Waals surface area contributed by atoms with Gasteiger partial charge in [-0.2, -0.15) is 0 Å². The first-order valence-electron chi connectivity index (χ1n) is 11.4. The standard InChI is InChI=1S/C27H19Cl4N3O6/c1-13-23(27(38)39-2)20(26(37)34(13)17-8-14(28)7-15(29)9-17)11-18-4-5-19(40-18)12-32-24(35)25(36)33-16-3-6-21(30)22(31)10-16/h3-11H,12H2,1-2H3,(H,32,35)(H,33,36)/b20-11+. The van der Waals surface area contributed by atoms with Crippen molar-refractivity contribution in [3.8, 4) is 0 Å². The van der Waals surface area contributed by atoms with Gasteiger partial charge < -0.3 is 19.8 Å². The van der Waals surface area contributed by atoms with Gasteiger partial charge in [-0.3, -0.25) is 19.3 Å². The molecule has 9 nitrogen and oxygen atoms in total. The van der Waals surface area contributed by atoms with Crippen LogP contribution in [0.15, 0.2) is 69.8 Å². The number of carbonyl (C=O) groups excluding carboxylic acids is 4. The van der Waals surface area contributed by atoms with E-state index in [2.05, 4.69) is 10.6 Å². The van der Waals surface area contributed by atoms with Crippen LogP contribution in [0.5, 0.6) is 0 Å². The van der Waals surface area contributed by atoms with Crippen LogP contribution < -0.4 is 15.5 Å². The summed E-state index contributed by atoms with van der Waals surface area (Å²) in [7, 11) is 1.20. The van der Waals surface area contributed by atoms with Crippen molar-refractivity contribution in [1.29, 1.82) is 0 Å². The van der Waals surface area contributed by atoms with Crippen molar-refractivity contribution < 1.29 is 28.3 Å². The molecule has 3 amide bonds. The molecule has 13 heteroatoms. The summed E-state index contributed by atoms with van der Waals surface area (Å²) < 4.78 is 10.6. The second-order valence-corrected chi connectivity index (χ2v) is 10.0. The monoisotopic (exact) mass is 621 g/mol. The Bertz CT molecular complexity index is 1590. The van der Waals surface area contributed by atoms with Gasteiger partial charge in [0.05, 0.1) is 40.5 Å². The molecule has 0 fully saturated rings. The molecule has 0 saturated heterocycles. The number of furan rings is 1. The zero-order valence-corrected chi connectivity index (χ0v) is 23.8. The summed E-state index contributed by atoms with van der Waals surface area (Å²) in [6.07, 6.45) is 1.38. The van der Waals surface area contributed by atoms with Gasteiger partial charge in [0, 0.05) is 21.4 Å². The van der Waals surface area contributed by atoms with Crippen molar-refractivity contribution in [3.63, 3.8) is 0 Å². The molecule has 206 valence electrons. The van der Waals surface area contributed by atoms with E-state index < -0.39 is 23.7 Å². The summed E-state index contributed by atoms with van der Waals surface area (Å²) in [4.78, 5) is 51.8. The number of esters is 1. The average Bonchev–Trinajstić information content (AvgIpc) is 3.45. The summed E-state index contributed by atoms with van der Waals surface area (Å²) in [5.74, 6) is -2.59. The van der Waals surface area contributed by atoms with Crippen LogP contribution in [-0.4, -0.2) is 30.8 Å². The number of benzene rings is 2. The lowest BCUT2D eigenvalue weighted by Crippen LogP contribution is -2.34. The first kappa shape index (κ1) is 29.2. The molecule has 40 heavy (non-hydrogen) atoms. The van der Waals surface area contributed by atoms with E-state index in [9.17, 15) is 19.2 Å². The fraction of sp³-hybridized carbons (Fsp3) is 0.111. The van der Waals surface area contributed by atoms with Gasteiger partial charge in [-0.25, -0.2) is 4.79 Å². The van der Waals surface area contributed by atoms with Crippen molar-refractivity contribution in [3.05, 3.63) is 97.0 Å². The van der Waals surface area contributed by atoms with E-state index in [0.29, 0.717) is 32.1 Å². The summed E-state index contributed by atoms with van der Waals surface area (Å²) in [5, 5.41) is 5.99. The number of ether oxygens (including phenoxy) is 1. The molecule has 1 aliphatic heterocycles. The Morgan fingerprint density at radius 3 is 2.30 bits per heavy atom. The number of nitrogens with zero attached hydrogens (tertiary/aromatic N) is 1. The average molecular weight is 623 g/mol. The van der Waals surface area contributed by atoms with Crippen LogP contribution in [0.3, 0.4) is 0 Å². The highest BCUT2D eigenvalue weighted by molar-refractivity contribution is 6.43. The van der Waals surface area contributed by atoms with E-state index in [0.717, 1.165) is 0 Å². The molecule has 2 aromatic carbocycles. The predicted molar refractivity (Wildman–Crippen MR) is 152 cm³/mol. The predicted octanol–water partition coefficient (Wildman–Crippen LogP) is 6.03.